The van der Waals surface area contributed by atoms with Crippen molar-refractivity contribution in [3.63, 3.8) is 0 Å². The van der Waals surface area contributed by atoms with Crippen molar-refractivity contribution < 1.29 is 9.59 Å². The monoisotopic (exact) mass is 336 g/mol. The topological polar surface area (TPSA) is 40.6 Å². The van der Waals surface area contributed by atoms with Crippen LogP contribution in [0.4, 0.5) is 5.69 Å². The number of carbonyl (C=O) groups excluding carboxylic acids is 2. The van der Waals surface area contributed by atoms with Crippen LogP contribution in [0.25, 0.3) is 0 Å². The quantitative estimate of drug-likeness (QED) is 0.839. The van der Waals surface area contributed by atoms with Crippen molar-refractivity contribution >= 4 is 29.1 Å². The van der Waals surface area contributed by atoms with Gasteiger partial charge in [-0.1, -0.05) is 30.5 Å². The highest BCUT2D eigenvalue weighted by Crippen LogP contribution is 2.23. The van der Waals surface area contributed by atoms with E-state index >= 15 is 0 Å². The van der Waals surface area contributed by atoms with E-state index in [2.05, 4.69) is 0 Å². The Labute approximate surface area is 143 Å². The van der Waals surface area contributed by atoms with Crippen molar-refractivity contribution in [1.82, 2.24) is 4.90 Å². The summed E-state index contributed by atoms with van der Waals surface area (Å²) in [6, 6.07) is 5.55. The molecule has 1 saturated heterocycles. The van der Waals surface area contributed by atoms with E-state index in [1.54, 1.807) is 11.0 Å². The van der Waals surface area contributed by atoms with Crippen LogP contribution in [0.2, 0.25) is 5.02 Å². The third kappa shape index (κ3) is 4.96. The van der Waals surface area contributed by atoms with Gasteiger partial charge in [-0.2, -0.15) is 0 Å². The highest BCUT2D eigenvalue weighted by Gasteiger charge is 2.18. The van der Waals surface area contributed by atoms with E-state index in [1.165, 1.54) is 19.8 Å². The average Bonchev–Trinajstić information content (AvgIpc) is 2.79. The molecule has 0 atom stereocenters. The molecule has 0 aliphatic carbocycles. The minimum Gasteiger partial charge on any atom is -0.343 e. The van der Waals surface area contributed by atoms with Crippen LogP contribution in [0, 0.1) is 6.92 Å². The van der Waals surface area contributed by atoms with Gasteiger partial charge in [0.1, 0.15) is 0 Å². The zero-order valence-corrected chi connectivity index (χ0v) is 14.7. The van der Waals surface area contributed by atoms with E-state index in [0.29, 0.717) is 18.0 Å². The first-order valence-electron chi connectivity index (χ1n) is 8.31. The predicted molar refractivity (Wildman–Crippen MR) is 93.9 cm³/mol. The molecule has 126 valence electrons. The van der Waals surface area contributed by atoms with Crippen LogP contribution < -0.4 is 4.90 Å². The van der Waals surface area contributed by atoms with Crippen LogP contribution in [-0.4, -0.2) is 36.3 Å². The lowest BCUT2D eigenvalue weighted by molar-refractivity contribution is -0.131. The van der Waals surface area contributed by atoms with Gasteiger partial charge in [-0.05, 0) is 37.5 Å². The lowest BCUT2D eigenvalue weighted by Crippen LogP contribution is -2.36. The molecular formula is C18H25ClN2O2. The first kappa shape index (κ1) is 17.8. The highest BCUT2D eigenvalue weighted by molar-refractivity contribution is 6.31. The average molecular weight is 337 g/mol. The third-order valence-corrected chi connectivity index (χ3v) is 4.76. The van der Waals surface area contributed by atoms with Gasteiger partial charge in [0.15, 0.2) is 0 Å². The molecule has 1 aliphatic heterocycles. The number of benzene rings is 1. The highest BCUT2D eigenvalue weighted by atomic mass is 35.5. The molecule has 2 rings (SSSR count). The fourth-order valence-corrected chi connectivity index (χ4v) is 3.08. The molecule has 1 aromatic rings. The van der Waals surface area contributed by atoms with E-state index in [-0.39, 0.29) is 11.8 Å². The number of amides is 2. The van der Waals surface area contributed by atoms with Gasteiger partial charge in [0.25, 0.3) is 0 Å². The fourth-order valence-electron chi connectivity index (χ4n) is 2.90. The van der Waals surface area contributed by atoms with Gasteiger partial charge >= 0.3 is 0 Å². The molecule has 0 unspecified atom stereocenters. The van der Waals surface area contributed by atoms with Crippen molar-refractivity contribution in [2.45, 2.75) is 46.0 Å². The summed E-state index contributed by atoms with van der Waals surface area (Å²) in [6.07, 6.45) is 4.91. The van der Waals surface area contributed by atoms with Crippen molar-refractivity contribution in [2.24, 2.45) is 0 Å². The Morgan fingerprint density at radius 1 is 1.17 bits per heavy atom. The van der Waals surface area contributed by atoms with Crippen LogP contribution in [0.15, 0.2) is 18.2 Å². The molecule has 0 bridgehead atoms. The zero-order chi connectivity index (χ0) is 16.8. The summed E-state index contributed by atoms with van der Waals surface area (Å²) < 4.78 is 0. The SMILES string of the molecule is CC(=O)N(CCC(=O)N1CCCCCC1)c1ccc(C)c(Cl)c1. The Balaban J connectivity index is 2.00. The number of likely N-dealkylation sites (tertiary alicyclic amines) is 1. The van der Waals surface area contributed by atoms with Crippen LogP contribution >= 0.6 is 11.6 Å². The van der Waals surface area contributed by atoms with Crippen LogP contribution in [-0.2, 0) is 9.59 Å². The molecule has 5 heteroatoms. The van der Waals surface area contributed by atoms with E-state index in [1.807, 2.05) is 24.0 Å². The number of hydrogen-bond acceptors (Lipinski definition) is 2. The lowest BCUT2D eigenvalue weighted by Gasteiger charge is -2.24. The first-order chi connectivity index (χ1) is 11.0. The van der Waals surface area contributed by atoms with Crippen molar-refractivity contribution in [3.8, 4) is 0 Å². The molecule has 1 aliphatic rings. The van der Waals surface area contributed by atoms with E-state index < -0.39 is 0 Å². The standard InChI is InChI=1S/C18H25ClN2O2/c1-14-7-8-16(13-17(14)19)21(15(2)22)12-9-18(23)20-10-5-3-4-6-11-20/h7-8,13H,3-6,9-12H2,1-2H3. The molecule has 0 saturated carbocycles. The fraction of sp³-hybridized carbons (Fsp3) is 0.556. The molecule has 0 N–H and O–H groups in total. The Morgan fingerprint density at radius 2 is 1.83 bits per heavy atom. The Hall–Kier alpha value is -1.55. The van der Waals surface area contributed by atoms with Crippen molar-refractivity contribution in [3.05, 3.63) is 28.8 Å². The van der Waals surface area contributed by atoms with E-state index in [9.17, 15) is 9.59 Å². The number of halogens is 1. The molecule has 0 spiro atoms. The summed E-state index contributed by atoms with van der Waals surface area (Å²) in [5.41, 5.74) is 1.72. The summed E-state index contributed by atoms with van der Waals surface area (Å²) in [5, 5.41) is 0.632. The summed E-state index contributed by atoms with van der Waals surface area (Å²) >= 11 is 6.15. The zero-order valence-electron chi connectivity index (χ0n) is 14.0. The van der Waals surface area contributed by atoms with Gasteiger partial charge in [-0.15, -0.1) is 0 Å². The third-order valence-electron chi connectivity index (χ3n) is 4.36. The summed E-state index contributed by atoms with van der Waals surface area (Å²) in [6.45, 7) is 5.52. The van der Waals surface area contributed by atoms with Crippen molar-refractivity contribution in [2.75, 3.05) is 24.5 Å². The summed E-state index contributed by atoms with van der Waals surface area (Å²) in [5.74, 6) is 0.0601. The Kier molecular flexibility index (Phi) is 6.46. The number of carbonyl (C=O) groups is 2. The Morgan fingerprint density at radius 3 is 2.39 bits per heavy atom. The van der Waals surface area contributed by atoms with Gasteiger partial charge in [0, 0.05) is 43.7 Å². The lowest BCUT2D eigenvalue weighted by atomic mass is 10.2. The van der Waals surface area contributed by atoms with E-state index in [4.69, 9.17) is 11.6 Å². The molecule has 2 amide bonds. The summed E-state index contributed by atoms with van der Waals surface area (Å²) in [7, 11) is 0. The Bertz CT molecular complexity index is 566. The van der Waals surface area contributed by atoms with Gasteiger partial charge < -0.3 is 9.80 Å². The number of anilines is 1. The van der Waals surface area contributed by atoms with Crippen LogP contribution in [0.3, 0.4) is 0 Å². The number of hydrogen-bond donors (Lipinski definition) is 0. The second-order valence-corrected chi connectivity index (χ2v) is 6.56. The van der Waals surface area contributed by atoms with Gasteiger partial charge in [0.05, 0.1) is 0 Å². The van der Waals surface area contributed by atoms with E-state index in [0.717, 1.165) is 37.2 Å². The second-order valence-electron chi connectivity index (χ2n) is 6.15. The molecule has 0 aromatic heterocycles. The first-order valence-corrected chi connectivity index (χ1v) is 8.69. The molecule has 1 fully saturated rings. The van der Waals surface area contributed by atoms with Gasteiger partial charge in [-0.3, -0.25) is 9.59 Å². The minimum atomic E-state index is -0.0754. The smallest absolute Gasteiger partial charge is 0.224 e. The maximum atomic E-state index is 12.4. The largest absolute Gasteiger partial charge is 0.343 e. The maximum Gasteiger partial charge on any atom is 0.224 e. The molecule has 1 aromatic carbocycles. The normalized spacial score (nSPS) is 15.2. The number of nitrogens with zero attached hydrogens (tertiary/aromatic N) is 2. The minimum absolute atomic E-state index is 0.0754. The van der Waals surface area contributed by atoms with Gasteiger partial charge in [-0.25, -0.2) is 0 Å². The molecular weight excluding hydrogens is 312 g/mol. The predicted octanol–water partition coefficient (Wildman–Crippen LogP) is 3.79. The summed E-state index contributed by atoms with van der Waals surface area (Å²) in [4.78, 5) is 27.9. The number of rotatable bonds is 4. The molecule has 23 heavy (non-hydrogen) atoms. The molecule has 0 radical (unpaired) electrons. The van der Waals surface area contributed by atoms with Crippen LogP contribution in [0.5, 0.6) is 0 Å². The molecule has 4 nitrogen and oxygen atoms in total. The van der Waals surface area contributed by atoms with Gasteiger partial charge in [0.2, 0.25) is 11.8 Å². The number of aryl methyl sites for hydroxylation is 1. The maximum absolute atomic E-state index is 12.4. The van der Waals surface area contributed by atoms with Crippen LogP contribution in [0.1, 0.15) is 44.6 Å². The van der Waals surface area contributed by atoms with Crippen molar-refractivity contribution in [1.29, 1.82) is 0 Å². The molecule has 1 heterocycles. The second kappa shape index (κ2) is 8.34.